The van der Waals surface area contributed by atoms with Gasteiger partial charge in [-0.1, -0.05) is 19.4 Å². The Hall–Kier alpha value is -2.56. The van der Waals surface area contributed by atoms with Gasteiger partial charge < -0.3 is 15.1 Å². The second kappa shape index (κ2) is 5.57. The SMILES string of the molecule is CCCc1cc(O)c(-c2ccc(F)c3c2CC(=O)N3C)c(O)c1. The molecular weight excluding hydrogens is 297 g/mol. The summed E-state index contributed by atoms with van der Waals surface area (Å²) in [7, 11) is 1.52. The third-order valence-corrected chi connectivity index (χ3v) is 4.24. The Balaban J connectivity index is 2.20. The van der Waals surface area contributed by atoms with Gasteiger partial charge in [0.1, 0.15) is 17.3 Å². The monoisotopic (exact) mass is 315 g/mol. The maximum Gasteiger partial charge on any atom is 0.231 e. The van der Waals surface area contributed by atoms with E-state index in [1.54, 1.807) is 12.1 Å². The average Bonchev–Trinajstić information content (AvgIpc) is 2.78. The van der Waals surface area contributed by atoms with Gasteiger partial charge in [-0.25, -0.2) is 4.39 Å². The second-order valence-electron chi connectivity index (χ2n) is 5.81. The van der Waals surface area contributed by atoms with E-state index in [9.17, 15) is 19.4 Å². The van der Waals surface area contributed by atoms with E-state index >= 15 is 0 Å². The van der Waals surface area contributed by atoms with Gasteiger partial charge in [0.05, 0.1) is 17.7 Å². The molecule has 2 aromatic carbocycles. The highest BCUT2D eigenvalue weighted by atomic mass is 19.1. The van der Waals surface area contributed by atoms with Crippen molar-refractivity contribution in [2.45, 2.75) is 26.2 Å². The smallest absolute Gasteiger partial charge is 0.231 e. The highest BCUT2D eigenvalue weighted by Crippen LogP contribution is 2.45. The minimum Gasteiger partial charge on any atom is -0.507 e. The number of aryl methyl sites for hydroxylation is 1. The van der Waals surface area contributed by atoms with E-state index in [4.69, 9.17) is 0 Å². The Bertz CT molecular complexity index is 778. The molecule has 5 heteroatoms. The number of phenols is 2. The molecule has 0 unspecified atom stereocenters. The summed E-state index contributed by atoms with van der Waals surface area (Å²) < 4.78 is 14.1. The van der Waals surface area contributed by atoms with Crippen LogP contribution in [0.15, 0.2) is 24.3 Å². The number of carbonyl (C=O) groups excluding carboxylic acids is 1. The van der Waals surface area contributed by atoms with Crippen LogP contribution in [-0.4, -0.2) is 23.2 Å². The molecule has 2 N–H and O–H groups in total. The standard InChI is InChI=1S/C18H18FNO3/c1-3-4-10-7-14(21)17(15(22)8-10)11-5-6-13(19)18-12(11)9-16(23)20(18)2/h5-8,21-22H,3-4,9H2,1-2H3. The van der Waals surface area contributed by atoms with Crippen molar-refractivity contribution < 1.29 is 19.4 Å². The molecular formula is C18H18FNO3. The maximum atomic E-state index is 14.1. The zero-order chi connectivity index (χ0) is 16.7. The van der Waals surface area contributed by atoms with Crippen LogP contribution >= 0.6 is 0 Å². The molecule has 1 amide bonds. The number of rotatable bonds is 3. The third kappa shape index (κ3) is 2.42. The number of phenolic OH excluding ortho intramolecular Hbond substituents is 2. The van der Waals surface area contributed by atoms with E-state index < -0.39 is 5.82 Å². The molecule has 0 fully saturated rings. The number of carbonyl (C=O) groups is 1. The van der Waals surface area contributed by atoms with Crippen molar-refractivity contribution in [3.63, 3.8) is 0 Å². The molecule has 0 atom stereocenters. The summed E-state index contributed by atoms with van der Waals surface area (Å²) in [6, 6.07) is 5.96. The number of amides is 1. The van der Waals surface area contributed by atoms with Gasteiger partial charge in [-0.3, -0.25) is 4.79 Å². The van der Waals surface area contributed by atoms with Gasteiger partial charge in [-0.15, -0.1) is 0 Å². The Morgan fingerprint density at radius 2 is 1.87 bits per heavy atom. The number of nitrogens with zero attached hydrogens (tertiary/aromatic N) is 1. The molecule has 1 aliphatic heterocycles. The van der Waals surface area contributed by atoms with Gasteiger partial charge in [-0.05, 0) is 41.3 Å². The van der Waals surface area contributed by atoms with Crippen molar-refractivity contribution in [2.75, 3.05) is 11.9 Å². The van der Waals surface area contributed by atoms with Crippen molar-refractivity contribution in [3.05, 3.63) is 41.2 Å². The van der Waals surface area contributed by atoms with Crippen LogP contribution in [0.1, 0.15) is 24.5 Å². The van der Waals surface area contributed by atoms with Crippen LogP contribution in [0.5, 0.6) is 11.5 Å². The number of benzene rings is 2. The van der Waals surface area contributed by atoms with Gasteiger partial charge in [0, 0.05) is 7.05 Å². The summed E-state index contributed by atoms with van der Waals surface area (Å²) in [6.45, 7) is 2.01. The largest absolute Gasteiger partial charge is 0.507 e. The van der Waals surface area contributed by atoms with Crippen molar-refractivity contribution in [1.82, 2.24) is 0 Å². The van der Waals surface area contributed by atoms with Gasteiger partial charge in [-0.2, -0.15) is 0 Å². The Morgan fingerprint density at radius 3 is 2.48 bits per heavy atom. The molecule has 2 aromatic rings. The number of hydrogen-bond acceptors (Lipinski definition) is 3. The minimum absolute atomic E-state index is 0.0501. The predicted molar refractivity (Wildman–Crippen MR) is 86.3 cm³/mol. The fraction of sp³-hybridized carbons (Fsp3) is 0.278. The Labute approximate surface area is 133 Å². The number of aromatic hydroxyl groups is 2. The second-order valence-corrected chi connectivity index (χ2v) is 5.81. The van der Waals surface area contributed by atoms with Gasteiger partial charge in [0.15, 0.2) is 0 Å². The number of hydrogen-bond donors (Lipinski definition) is 2. The van der Waals surface area contributed by atoms with Gasteiger partial charge in [0.2, 0.25) is 5.91 Å². The highest BCUT2D eigenvalue weighted by molar-refractivity contribution is 6.04. The van der Waals surface area contributed by atoms with E-state index in [-0.39, 0.29) is 35.1 Å². The molecule has 4 nitrogen and oxygen atoms in total. The third-order valence-electron chi connectivity index (χ3n) is 4.24. The number of anilines is 1. The van der Waals surface area contributed by atoms with Crippen molar-refractivity contribution in [2.24, 2.45) is 0 Å². The molecule has 0 aromatic heterocycles. The van der Waals surface area contributed by atoms with Crippen LogP contribution < -0.4 is 4.90 Å². The molecule has 0 spiro atoms. The first kappa shape index (κ1) is 15.3. The summed E-state index contributed by atoms with van der Waals surface area (Å²) in [6.07, 6.45) is 1.68. The molecule has 1 heterocycles. The van der Waals surface area contributed by atoms with Crippen LogP contribution in [0.25, 0.3) is 11.1 Å². The van der Waals surface area contributed by atoms with Crippen LogP contribution in [0, 0.1) is 5.82 Å². The molecule has 0 aliphatic carbocycles. The van der Waals surface area contributed by atoms with Gasteiger partial charge in [0.25, 0.3) is 0 Å². The summed E-state index contributed by atoms with van der Waals surface area (Å²) in [5.41, 5.74) is 2.26. The van der Waals surface area contributed by atoms with Crippen LogP contribution in [0.2, 0.25) is 0 Å². The average molecular weight is 315 g/mol. The highest BCUT2D eigenvalue weighted by Gasteiger charge is 2.31. The molecule has 0 saturated heterocycles. The van der Waals surface area contributed by atoms with E-state index in [2.05, 4.69) is 0 Å². The van der Waals surface area contributed by atoms with Crippen molar-refractivity contribution in [1.29, 1.82) is 0 Å². The summed E-state index contributed by atoms with van der Waals surface area (Å²) in [4.78, 5) is 13.2. The number of fused-ring (bicyclic) bond motifs is 1. The summed E-state index contributed by atoms with van der Waals surface area (Å²) in [5, 5.41) is 20.7. The lowest BCUT2D eigenvalue weighted by Gasteiger charge is -2.15. The topological polar surface area (TPSA) is 60.8 Å². The molecule has 1 aliphatic rings. The first-order valence-electron chi connectivity index (χ1n) is 7.57. The normalized spacial score (nSPS) is 13.5. The number of likely N-dealkylation sites (N-methyl/N-ethyl adjacent to an activating group) is 1. The van der Waals surface area contributed by atoms with Crippen molar-refractivity contribution >= 4 is 11.6 Å². The number of halogens is 1. The fourth-order valence-corrected chi connectivity index (χ4v) is 3.16. The van der Waals surface area contributed by atoms with E-state index in [0.717, 1.165) is 18.4 Å². The van der Waals surface area contributed by atoms with E-state index in [0.29, 0.717) is 11.1 Å². The zero-order valence-corrected chi connectivity index (χ0v) is 13.1. The predicted octanol–water partition coefficient (Wildman–Crippen LogP) is 3.38. The zero-order valence-electron chi connectivity index (χ0n) is 13.1. The van der Waals surface area contributed by atoms with Gasteiger partial charge >= 0.3 is 0 Å². The minimum atomic E-state index is -0.487. The van der Waals surface area contributed by atoms with E-state index in [1.807, 2.05) is 6.92 Å². The van der Waals surface area contributed by atoms with Crippen LogP contribution in [0.3, 0.4) is 0 Å². The van der Waals surface area contributed by atoms with E-state index in [1.165, 1.54) is 24.1 Å². The molecule has 3 rings (SSSR count). The fourth-order valence-electron chi connectivity index (χ4n) is 3.16. The molecule has 120 valence electrons. The quantitative estimate of drug-likeness (QED) is 0.913. The Kier molecular flexibility index (Phi) is 3.72. The lowest BCUT2D eigenvalue weighted by atomic mass is 9.94. The summed E-state index contributed by atoms with van der Waals surface area (Å²) >= 11 is 0. The summed E-state index contributed by atoms with van der Waals surface area (Å²) in [5.74, 6) is -0.833. The first-order chi connectivity index (χ1) is 10.9. The lowest BCUT2D eigenvalue weighted by Crippen LogP contribution is -2.21. The molecule has 0 radical (unpaired) electrons. The Morgan fingerprint density at radius 1 is 1.22 bits per heavy atom. The lowest BCUT2D eigenvalue weighted by molar-refractivity contribution is -0.117. The molecule has 0 saturated carbocycles. The molecule has 0 bridgehead atoms. The van der Waals surface area contributed by atoms with Crippen LogP contribution in [0.4, 0.5) is 10.1 Å². The van der Waals surface area contributed by atoms with Crippen molar-refractivity contribution in [3.8, 4) is 22.6 Å². The first-order valence-corrected chi connectivity index (χ1v) is 7.57. The molecule has 23 heavy (non-hydrogen) atoms. The van der Waals surface area contributed by atoms with Crippen LogP contribution in [-0.2, 0) is 17.6 Å². The maximum absolute atomic E-state index is 14.1.